The van der Waals surface area contributed by atoms with Gasteiger partial charge in [0.05, 0.1) is 0 Å². The molecule has 1 rings (SSSR count). The number of nitrogens with two attached hydrogens (primary N) is 1. The van der Waals surface area contributed by atoms with E-state index in [1.807, 2.05) is 25.7 Å². The van der Waals surface area contributed by atoms with Crippen molar-refractivity contribution < 1.29 is 9.53 Å². The van der Waals surface area contributed by atoms with Crippen molar-refractivity contribution in [2.24, 2.45) is 11.7 Å². The van der Waals surface area contributed by atoms with Crippen LogP contribution < -0.4 is 5.73 Å². The van der Waals surface area contributed by atoms with Gasteiger partial charge in [0.25, 0.3) is 0 Å². The van der Waals surface area contributed by atoms with Crippen molar-refractivity contribution in [1.82, 2.24) is 4.90 Å². The van der Waals surface area contributed by atoms with Crippen LogP contribution in [0.5, 0.6) is 0 Å². The van der Waals surface area contributed by atoms with Crippen molar-refractivity contribution in [2.45, 2.75) is 97.1 Å². The lowest BCUT2D eigenvalue weighted by molar-refractivity contribution is 0.0286. The molecule has 1 aliphatic heterocycles. The Labute approximate surface area is 143 Å². The number of likely N-dealkylation sites (tertiary alicyclic amines) is 1. The molecule has 2 N–H and O–H groups in total. The first kappa shape index (κ1) is 20.3. The van der Waals surface area contributed by atoms with Gasteiger partial charge in [-0.2, -0.15) is 0 Å². The number of ether oxygens (including phenoxy) is 1. The Kier molecular flexibility index (Phi) is 8.96. The fourth-order valence-electron chi connectivity index (χ4n) is 3.20. The Balaban J connectivity index is 2.16. The van der Waals surface area contributed by atoms with Crippen LogP contribution in [0, 0.1) is 5.92 Å². The predicted molar refractivity (Wildman–Crippen MR) is 96.5 cm³/mol. The number of hydrogen-bond donors (Lipinski definition) is 1. The molecular weight excluding hydrogens is 288 g/mol. The van der Waals surface area contributed by atoms with Gasteiger partial charge in [-0.3, -0.25) is 0 Å². The maximum Gasteiger partial charge on any atom is 0.410 e. The molecule has 1 saturated heterocycles. The van der Waals surface area contributed by atoms with Crippen molar-refractivity contribution in [3.8, 4) is 0 Å². The lowest BCUT2D eigenvalue weighted by Crippen LogP contribution is -2.37. The van der Waals surface area contributed by atoms with Gasteiger partial charge < -0.3 is 15.4 Å². The molecule has 0 aromatic rings. The molecule has 1 heterocycles. The zero-order chi connectivity index (χ0) is 17.3. The zero-order valence-corrected chi connectivity index (χ0v) is 15.8. The van der Waals surface area contributed by atoms with Crippen molar-refractivity contribution in [3.05, 3.63) is 0 Å². The Morgan fingerprint density at radius 3 is 2.39 bits per heavy atom. The summed E-state index contributed by atoms with van der Waals surface area (Å²) in [6, 6.07) is 0.220. The normalized spacial score (nSPS) is 19.9. The third kappa shape index (κ3) is 8.59. The summed E-state index contributed by atoms with van der Waals surface area (Å²) in [7, 11) is 0. The van der Waals surface area contributed by atoms with Crippen LogP contribution in [0.3, 0.4) is 0 Å². The largest absolute Gasteiger partial charge is 0.444 e. The van der Waals surface area contributed by atoms with E-state index in [0.29, 0.717) is 5.92 Å². The Bertz CT molecular complexity index is 339. The SMILES string of the molecule is CCCCCCCCCC(N)C1CCN(C(=O)OC(C)(C)C)C1. The third-order valence-electron chi connectivity index (χ3n) is 4.62. The number of nitrogens with zero attached hydrogens (tertiary/aromatic N) is 1. The molecule has 1 amide bonds. The highest BCUT2D eigenvalue weighted by molar-refractivity contribution is 5.68. The molecule has 0 aromatic heterocycles. The molecular formula is C19H38N2O2. The smallest absolute Gasteiger partial charge is 0.410 e. The molecule has 2 atom stereocenters. The second-order valence-corrected chi connectivity index (χ2v) is 8.05. The van der Waals surface area contributed by atoms with Gasteiger partial charge in [-0.15, -0.1) is 0 Å². The van der Waals surface area contributed by atoms with Crippen LogP contribution in [0.4, 0.5) is 4.79 Å². The molecule has 2 unspecified atom stereocenters. The van der Waals surface area contributed by atoms with E-state index in [0.717, 1.165) is 25.9 Å². The summed E-state index contributed by atoms with van der Waals surface area (Å²) in [6.07, 6.45) is 11.1. The van der Waals surface area contributed by atoms with Crippen LogP contribution in [-0.2, 0) is 4.74 Å². The maximum absolute atomic E-state index is 12.1. The van der Waals surface area contributed by atoms with Crippen LogP contribution in [0.2, 0.25) is 0 Å². The number of carbonyl (C=O) groups excluding carboxylic acids is 1. The van der Waals surface area contributed by atoms with Crippen LogP contribution in [0.1, 0.15) is 85.5 Å². The summed E-state index contributed by atoms with van der Waals surface area (Å²) in [5.74, 6) is 0.433. The summed E-state index contributed by atoms with van der Waals surface area (Å²) < 4.78 is 5.44. The molecule has 1 aliphatic rings. The van der Waals surface area contributed by atoms with Crippen LogP contribution in [0.15, 0.2) is 0 Å². The standard InChI is InChI=1S/C19H38N2O2/c1-5-6-7-8-9-10-11-12-17(20)16-13-14-21(15-16)18(22)23-19(2,3)4/h16-17H,5-15,20H2,1-4H3. The van der Waals surface area contributed by atoms with Gasteiger partial charge in [0.15, 0.2) is 0 Å². The van der Waals surface area contributed by atoms with Crippen molar-refractivity contribution in [1.29, 1.82) is 0 Å². The number of carbonyl (C=O) groups is 1. The van der Waals surface area contributed by atoms with Crippen molar-refractivity contribution in [3.63, 3.8) is 0 Å². The summed E-state index contributed by atoms with van der Waals surface area (Å²) >= 11 is 0. The van der Waals surface area contributed by atoms with Gasteiger partial charge in [-0.25, -0.2) is 4.79 Å². The molecule has 23 heavy (non-hydrogen) atoms. The van der Waals surface area contributed by atoms with Crippen LogP contribution in [0.25, 0.3) is 0 Å². The van der Waals surface area contributed by atoms with E-state index in [-0.39, 0.29) is 12.1 Å². The average Bonchev–Trinajstić information content (AvgIpc) is 2.94. The first-order valence-electron chi connectivity index (χ1n) is 9.57. The summed E-state index contributed by atoms with van der Waals surface area (Å²) in [5.41, 5.74) is 5.93. The molecule has 4 nitrogen and oxygen atoms in total. The van der Waals surface area contributed by atoms with E-state index >= 15 is 0 Å². The second kappa shape index (κ2) is 10.2. The second-order valence-electron chi connectivity index (χ2n) is 8.05. The molecule has 0 aliphatic carbocycles. The van der Waals surface area contributed by atoms with E-state index in [4.69, 9.17) is 10.5 Å². The molecule has 0 aromatic carbocycles. The lowest BCUT2D eigenvalue weighted by Gasteiger charge is -2.25. The monoisotopic (exact) mass is 326 g/mol. The zero-order valence-electron chi connectivity index (χ0n) is 15.8. The summed E-state index contributed by atoms with van der Waals surface area (Å²) in [5, 5.41) is 0. The van der Waals surface area contributed by atoms with Crippen LogP contribution >= 0.6 is 0 Å². The van der Waals surface area contributed by atoms with Crippen molar-refractivity contribution in [2.75, 3.05) is 13.1 Å². The molecule has 0 saturated carbocycles. The first-order valence-corrected chi connectivity index (χ1v) is 9.57. The predicted octanol–water partition coefficient (Wildman–Crippen LogP) is 4.71. The highest BCUT2D eigenvalue weighted by Crippen LogP contribution is 2.23. The topological polar surface area (TPSA) is 55.6 Å². The number of rotatable bonds is 9. The summed E-state index contributed by atoms with van der Waals surface area (Å²) in [6.45, 7) is 9.51. The third-order valence-corrected chi connectivity index (χ3v) is 4.62. The molecule has 4 heteroatoms. The van der Waals surface area contributed by atoms with E-state index < -0.39 is 5.60 Å². The Morgan fingerprint density at radius 1 is 1.17 bits per heavy atom. The fraction of sp³-hybridized carbons (Fsp3) is 0.947. The molecule has 136 valence electrons. The van der Waals surface area contributed by atoms with Crippen LogP contribution in [-0.4, -0.2) is 35.7 Å². The minimum Gasteiger partial charge on any atom is -0.444 e. The number of hydrogen-bond acceptors (Lipinski definition) is 3. The Hall–Kier alpha value is -0.770. The quantitative estimate of drug-likeness (QED) is 0.624. The molecule has 0 bridgehead atoms. The van der Waals surface area contributed by atoms with Gasteiger partial charge in [0.2, 0.25) is 0 Å². The fourth-order valence-corrected chi connectivity index (χ4v) is 3.20. The highest BCUT2D eigenvalue weighted by atomic mass is 16.6. The van der Waals surface area contributed by atoms with E-state index in [9.17, 15) is 4.79 Å². The minimum absolute atomic E-state index is 0.192. The average molecular weight is 327 g/mol. The van der Waals surface area contributed by atoms with Gasteiger partial charge in [-0.1, -0.05) is 51.9 Å². The first-order chi connectivity index (χ1) is 10.8. The maximum atomic E-state index is 12.1. The number of amides is 1. The summed E-state index contributed by atoms with van der Waals surface area (Å²) in [4.78, 5) is 13.9. The molecule has 1 fully saturated rings. The Morgan fingerprint density at radius 2 is 1.78 bits per heavy atom. The number of unbranched alkanes of at least 4 members (excludes halogenated alkanes) is 6. The van der Waals surface area contributed by atoms with E-state index in [2.05, 4.69) is 6.92 Å². The minimum atomic E-state index is -0.422. The molecule has 0 radical (unpaired) electrons. The van der Waals surface area contributed by atoms with Gasteiger partial charge in [0.1, 0.15) is 5.60 Å². The van der Waals surface area contributed by atoms with Crippen molar-refractivity contribution >= 4 is 6.09 Å². The van der Waals surface area contributed by atoms with Gasteiger partial charge in [0, 0.05) is 19.1 Å². The van der Waals surface area contributed by atoms with E-state index in [1.165, 1.54) is 44.9 Å². The van der Waals surface area contributed by atoms with Gasteiger partial charge in [-0.05, 0) is 39.5 Å². The van der Waals surface area contributed by atoms with Gasteiger partial charge >= 0.3 is 6.09 Å². The molecule has 0 spiro atoms. The highest BCUT2D eigenvalue weighted by Gasteiger charge is 2.32. The van der Waals surface area contributed by atoms with E-state index in [1.54, 1.807) is 0 Å². The lowest BCUT2D eigenvalue weighted by atomic mass is 9.94.